The highest BCUT2D eigenvalue weighted by Gasteiger charge is 2.36. The van der Waals surface area contributed by atoms with Gasteiger partial charge < -0.3 is 19.1 Å². The topological polar surface area (TPSA) is 51.0 Å². The fraction of sp³-hybridized carbons (Fsp3) is 0.389. The van der Waals surface area contributed by atoms with Crippen LogP contribution in [0.25, 0.3) is 5.57 Å². The molecule has 8 rings (SSSR count). The number of hydrogen-bond donors (Lipinski definition) is 0. The molecule has 6 heteroatoms. The van der Waals surface area contributed by atoms with Gasteiger partial charge in [-0.2, -0.15) is 0 Å². The number of allylic oxidation sites excluding steroid dienone is 1. The smallest absolute Gasteiger partial charge is 0.341 e. The number of anilines is 1. The summed E-state index contributed by atoms with van der Waals surface area (Å²) in [6, 6.07) is 12.6. The Morgan fingerprint density at radius 1 is 0.905 bits per heavy atom. The van der Waals surface area contributed by atoms with Crippen LogP contribution < -0.4 is 24.8 Å². The first-order chi connectivity index (χ1) is 20.6. The monoisotopic (exact) mass is 561 g/mol. The predicted octanol–water partition coefficient (Wildman–Crippen LogP) is 4.79. The van der Waals surface area contributed by atoms with Gasteiger partial charge in [0.2, 0.25) is 12.2 Å². The minimum atomic E-state index is -0.398. The Kier molecular flexibility index (Phi) is 6.13. The Hall–Kier alpha value is -4.06. The van der Waals surface area contributed by atoms with E-state index < -0.39 is 5.97 Å². The molecule has 0 saturated carbocycles. The predicted molar refractivity (Wildman–Crippen MR) is 163 cm³/mol. The van der Waals surface area contributed by atoms with Crippen molar-refractivity contribution in [2.24, 2.45) is 0 Å². The van der Waals surface area contributed by atoms with Crippen LogP contribution in [0.2, 0.25) is 0 Å². The SMILES string of the molecule is C=C(C)OCOC(=O)c1ccccc1C1=c2cc3c4c(c2Oc2c1cc1c5c2CCCN5CCC1)CCC[N+]=4CCC3. The van der Waals surface area contributed by atoms with Crippen molar-refractivity contribution in [1.29, 1.82) is 0 Å². The summed E-state index contributed by atoms with van der Waals surface area (Å²) < 4.78 is 20.7. The maximum absolute atomic E-state index is 13.5. The van der Waals surface area contributed by atoms with E-state index in [9.17, 15) is 4.79 Å². The largest absolute Gasteiger partial charge is 0.463 e. The van der Waals surface area contributed by atoms with Crippen molar-refractivity contribution in [3.8, 4) is 11.5 Å². The Bertz CT molecular complexity index is 1800. The molecule has 0 radical (unpaired) electrons. The first-order valence-corrected chi connectivity index (χ1v) is 15.6. The van der Waals surface area contributed by atoms with Crippen molar-refractivity contribution < 1.29 is 19.0 Å². The fourth-order valence-corrected chi connectivity index (χ4v) is 7.94. The zero-order valence-corrected chi connectivity index (χ0v) is 24.4. The van der Waals surface area contributed by atoms with E-state index in [1.165, 1.54) is 33.3 Å². The maximum atomic E-state index is 13.5. The summed E-state index contributed by atoms with van der Waals surface area (Å²) in [6.45, 7) is 9.79. The van der Waals surface area contributed by atoms with Crippen molar-refractivity contribution in [3.63, 3.8) is 0 Å². The zero-order chi connectivity index (χ0) is 28.4. The van der Waals surface area contributed by atoms with Crippen LogP contribution in [0.5, 0.6) is 11.5 Å². The number of carbonyl (C=O) groups excluding carboxylic acids is 1. The highest BCUT2D eigenvalue weighted by molar-refractivity contribution is 6.00. The van der Waals surface area contributed by atoms with E-state index in [0.717, 1.165) is 111 Å². The minimum absolute atomic E-state index is 0.158. The Morgan fingerprint density at radius 2 is 1.67 bits per heavy atom. The lowest BCUT2D eigenvalue weighted by atomic mass is 9.82. The van der Waals surface area contributed by atoms with Gasteiger partial charge in [0.1, 0.15) is 24.6 Å². The van der Waals surface area contributed by atoms with E-state index in [1.54, 1.807) is 6.92 Å². The number of nitrogens with zero attached hydrogens (tertiary/aromatic N) is 2. The number of benzene rings is 3. The van der Waals surface area contributed by atoms with E-state index in [1.807, 2.05) is 18.2 Å². The van der Waals surface area contributed by atoms with Crippen LogP contribution in [0.1, 0.15) is 76.3 Å². The number of carbonyl (C=O) groups is 1. The van der Waals surface area contributed by atoms with Crippen LogP contribution in [0.4, 0.5) is 5.69 Å². The number of ether oxygens (including phenoxy) is 3. The third-order valence-electron chi connectivity index (χ3n) is 9.60. The number of aryl methyl sites for hydroxylation is 2. The van der Waals surface area contributed by atoms with E-state index in [2.05, 4.69) is 34.3 Å². The summed E-state index contributed by atoms with van der Waals surface area (Å²) in [5.41, 5.74) is 10.5. The van der Waals surface area contributed by atoms with Gasteiger partial charge in [-0.25, -0.2) is 9.37 Å². The number of esters is 1. The van der Waals surface area contributed by atoms with Gasteiger partial charge in [-0.15, -0.1) is 0 Å². The molecular weight excluding hydrogens is 524 g/mol. The number of rotatable bonds is 5. The molecule has 0 atom stereocenters. The summed E-state index contributed by atoms with van der Waals surface area (Å²) in [7, 11) is 0. The normalized spacial score (nSPS) is 17.8. The lowest BCUT2D eigenvalue weighted by Crippen LogP contribution is -2.45. The van der Waals surface area contributed by atoms with Gasteiger partial charge in [-0.05, 0) is 74.8 Å². The summed E-state index contributed by atoms with van der Waals surface area (Å²) >= 11 is 0. The molecule has 6 nitrogen and oxygen atoms in total. The lowest BCUT2D eigenvalue weighted by Gasteiger charge is -2.39. The van der Waals surface area contributed by atoms with Gasteiger partial charge in [-0.3, -0.25) is 0 Å². The quantitative estimate of drug-likeness (QED) is 0.152. The maximum Gasteiger partial charge on any atom is 0.341 e. The second kappa shape index (κ2) is 10.0. The van der Waals surface area contributed by atoms with E-state index in [0.29, 0.717) is 11.3 Å². The molecule has 5 aliphatic heterocycles. The molecule has 5 heterocycles. The standard InChI is InChI=1S/C36H37N2O4/c1-22(2)40-21-41-36(39)26-12-4-3-11-25(26)31-29-19-23-9-5-15-37-17-7-13-27(32(23)37)34(29)42-35-28-14-8-18-38-16-6-10-24(33(28)38)20-30(31)35/h3-4,11-12,19-20H,1,5-10,13-18,21H2,2H3/q+1. The molecule has 0 aromatic heterocycles. The van der Waals surface area contributed by atoms with Gasteiger partial charge in [0.25, 0.3) is 0 Å². The molecule has 0 amide bonds. The third-order valence-corrected chi connectivity index (χ3v) is 9.60. The average molecular weight is 562 g/mol. The number of hydrogen-bond acceptors (Lipinski definition) is 5. The summed E-state index contributed by atoms with van der Waals surface area (Å²) in [5.74, 6) is 2.09. The highest BCUT2D eigenvalue weighted by Crippen LogP contribution is 2.48. The van der Waals surface area contributed by atoms with Crippen LogP contribution >= 0.6 is 0 Å². The van der Waals surface area contributed by atoms with Crippen molar-refractivity contribution in [2.75, 3.05) is 37.9 Å². The first-order valence-electron chi connectivity index (χ1n) is 15.6. The van der Waals surface area contributed by atoms with Gasteiger partial charge in [-0.1, -0.05) is 24.8 Å². The zero-order valence-electron chi connectivity index (χ0n) is 24.4. The molecule has 214 valence electrons. The van der Waals surface area contributed by atoms with Crippen molar-refractivity contribution >= 4 is 17.2 Å². The van der Waals surface area contributed by atoms with E-state index in [4.69, 9.17) is 14.2 Å². The van der Waals surface area contributed by atoms with Crippen LogP contribution in [0, 0.1) is 0 Å². The van der Waals surface area contributed by atoms with Crippen molar-refractivity contribution in [2.45, 2.75) is 58.3 Å². The molecule has 3 aromatic rings. The van der Waals surface area contributed by atoms with Crippen LogP contribution in [-0.4, -0.2) is 38.9 Å². The summed E-state index contributed by atoms with van der Waals surface area (Å²) in [6.07, 6.45) is 8.75. The molecular formula is C36H37N2O4+. The van der Waals surface area contributed by atoms with Crippen LogP contribution in [0.3, 0.4) is 0 Å². The Labute approximate surface area is 246 Å². The second-order valence-corrected chi connectivity index (χ2v) is 12.3. The number of fused-ring (bicyclic) bond motifs is 4. The summed E-state index contributed by atoms with van der Waals surface area (Å²) in [4.78, 5) is 16.1. The molecule has 3 aromatic carbocycles. The molecule has 5 aliphatic rings. The molecule has 0 spiro atoms. The summed E-state index contributed by atoms with van der Waals surface area (Å²) in [5, 5.41) is 2.50. The van der Waals surface area contributed by atoms with Crippen molar-refractivity contribution in [3.05, 3.63) is 98.3 Å². The Morgan fingerprint density at radius 3 is 2.52 bits per heavy atom. The molecule has 0 N–H and O–H groups in total. The lowest BCUT2D eigenvalue weighted by molar-refractivity contribution is -0.00654. The fourth-order valence-electron chi connectivity index (χ4n) is 7.94. The van der Waals surface area contributed by atoms with Gasteiger partial charge in [0.15, 0.2) is 0 Å². The molecule has 42 heavy (non-hydrogen) atoms. The third kappa shape index (κ3) is 3.98. The molecule has 0 fully saturated rings. The highest BCUT2D eigenvalue weighted by atomic mass is 16.7. The van der Waals surface area contributed by atoms with E-state index >= 15 is 0 Å². The van der Waals surface area contributed by atoms with Crippen molar-refractivity contribution in [1.82, 2.24) is 4.58 Å². The second-order valence-electron chi connectivity index (χ2n) is 12.3. The molecule has 0 bridgehead atoms. The minimum Gasteiger partial charge on any atom is -0.463 e. The van der Waals surface area contributed by atoms with Crippen LogP contribution in [0.15, 0.2) is 48.7 Å². The first kappa shape index (κ1) is 25.6. The van der Waals surface area contributed by atoms with Gasteiger partial charge >= 0.3 is 5.97 Å². The molecule has 0 aliphatic carbocycles. The average Bonchev–Trinajstić information content (AvgIpc) is 3.01. The molecule has 0 saturated heterocycles. The van der Waals surface area contributed by atoms with Gasteiger partial charge in [0.05, 0.1) is 16.9 Å². The Balaban J connectivity index is 1.43. The van der Waals surface area contributed by atoms with Crippen LogP contribution in [-0.2, 0) is 35.2 Å². The van der Waals surface area contributed by atoms with E-state index in [-0.39, 0.29) is 6.79 Å². The van der Waals surface area contributed by atoms with Gasteiger partial charge in [0, 0.05) is 59.1 Å². The molecule has 0 unspecified atom stereocenters.